The predicted octanol–water partition coefficient (Wildman–Crippen LogP) is 4.41. The zero-order valence-corrected chi connectivity index (χ0v) is 18.9. The number of nitrogens with one attached hydrogen (secondary N) is 1. The van der Waals surface area contributed by atoms with Crippen LogP contribution in [-0.4, -0.2) is 31.5 Å². The summed E-state index contributed by atoms with van der Waals surface area (Å²) in [5.41, 5.74) is 1.73. The standard InChI is InChI=1S/C23H18N4O6S/c1-12-5-3-4-6-14(12)13(2)31-22(30)24-16-11-34-27-15(16)7-8-17-25-18-19(32-17)33-20(26-18)23(9-10-23)21(28)29/h3-6,11,13H,9-10H2,1-2H3,(H,24,30)(H,28,29). The molecule has 0 aliphatic heterocycles. The molecule has 0 bridgehead atoms. The minimum absolute atomic E-state index is 0.0113. The zero-order chi connectivity index (χ0) is 23.9. The lowest BCUT2D eigenvalue weighted by molar-refractivity contribution is -0.140. The number of fused-ring (bicyclic) bond motifs is 1. The van der Waals surface area contributed by atoms with Crippen molar-refractivity contribution < 1.29 is 28.3 Å². The fourth-order valence-electron chi connectivity index (χ4n) is 3.48. The Bertz CT molecular complexity index is 1440. The molecule has 0 saturated heterocycles. The van der Waals surface area contributed by atoms with Gasteiger partial charge in [-0.15, -0.1) is 0 Å². The summed E-state index contributed by atoms with van der Waals surface area (Å²) in [5.74, 6) is 4.66. The molecule has 3 aromatic heterocycles. The van der Waals surface area contributed by atoms with Gasteiger partial charge in [0.2, 0.25) is 11.5 Å². The van der Waals surface area contributed by atoms with Gasteiger partial charge in [0.15, 0.2) is 5.69 Å². The van der Waals surface area contributed by atoms with Gasteiger partial charge in [0.25, 0.3) is 5.89 Å². The second-order valence-electron chi connectivity index (χ2n) is 7.89. The van der Waals surface area contributed by atoms with Gasteiger partial charge in [0.05, 0.1) is 5.69 Å². The van der Waals surface area contributed by atoms with Crippen LogP contribution in [0.25, 0.3) is 11.4 Å². The van der Waals surface area contributed by atoms with Gasteiger partial charge < -0.3 is 18.7 Å². The van der Waals surface area contributed by atoms with Crippen molar-refractivity contribution >= 4 is 40.7 Å². The summed E-state index contributed by atoms with van der Waals surface area (Å²) in [6, 6.07) is 7.68. The number of carbonyl (C=O) groups excluding carboxylic acids is 1. The van der Waals surface area contributed by atoms with Crippen molar-refractivity contribution in [1.29, 1.82) is 0 Å². The second-order valence-corrected chi connectivity index (χ2v) is 8.52. The Hall–Kier alpha value is -4.17. The molecule has 5 rings (SSSR count). The molecule has 0 spiro atoms. The van der Waals surface area contributed by atoms with Crippen LogP contribution in [0.4, 0.5) is 10.5 Å². The first kappa shape index (κ1) is 21.7. The molecule has 34 heavy (non-hydrogen) atoms. The van der Waals surface area contributed by atoms with E-state index in [-0.39, 0.29) is 23.2 Å². The van der Waals surface area contributed by atoms with E-state index in [1.165, 1.54) is 0 Å². The molecule has 1 aliphatic carbocycles. The minimum atomic E-state index is -1.08. The molecular formula is C23H18N4O6S. The van der Waals surface area contributed by atoms with E-state index < -0.39 is 23.6 Å². The van der Waals surface area contributed by atoms with Crippen LogP contribution < -0.4 is 5.32 Å². The topological polar surface area (TPSA) is 141 Å². The van der Waals surface area contributed by atoms with Gasteiger partial charge in [-0.25, -0.2) is 4.79 Å². The van der Waals surface area contributed by atoms with Gasteiger partial charge in [0.1, 0.15) is 11.5 Å². The number of rotatable bonds is 5. The quantitative estimate of drug-likeness (QED) is 0.399. The summed E-state index contributed by atoms with van der Waals surface area (Å²) in [4.78, 5) is 32.1. The van der Waals surface area contributed by atoms with Crippen molar-refractivity contribution in [2.24, 2.45) is 0 Å². The first-order valence-electron chi connectivity index (χ1n) is 10.4. The largest absolute Gasteiger partial charge is 0.480 e. The second kappa shape index (κ2) is 8.31. The fourth-order valence-corrected chi connectivity index (χ4v) is 4.06. The number of hydrogen-bond acceptors (Lipinski definition) is 9. The molecule has 10 nitrogen and oxygen atoms in total. The molecule has 1 amide bonds. The Balaban J connectivity index is 1.27. The number of benzene rings is 1. The van der Waals surface area contributed by atoms with Crippen molar-refractivity contribution in [2.75, 3.05) is 5.32 Å². The number of nitrogens with zero attached hydrogens (tertiary/aromatic N) is 3. The van der Waals surface area contributed by atoms with Crippen LogP contribution in [0.2, 0.25) is 0 Å². The maximum Gasteiger partial charge on any atom is 0.412 e. The Kier molecular flexibility index (Phi) is 5.30. The van der Waals surface area contributed by atoms with Crippen molar-refractivity contribution in [1.82, 2.24) is 14.3 Å². The van der Waals surface area contributed by atoms with E-state index in [2.05, 4.69) is 31.5 Å². The molecule has 1 atom stereocenters. The third kappa shape index (κ3) is 3.99. The number of anilines is 1. The van der Waals surface area contributed by atoms with Gasteiger partial charge >= 0.3 is 17.8 Å². The molecule has 0 radical (unpaired) electrons. The third-order valence-electron chi connectivity index (χ3n) is 5.55. The number of ether oxygens (including phenoxy) is 1. The summed E-state index contributed by atoms with van der Waals surface area (Å²) in [6.07, 6.45) is -0.136. The number of aryl methyl sites for hydroxylation is 1. The van der Waals surface area contributed by atoms with Crippen LogP contribution in [-0.2, 0) is 14.9 Å². The van der Waals surface area contributed by atoms with E-state index in [9.17, 15) is 14.7 Å². The van der Waals surface area contributed by atoms with Gasteiger partial charge in [0, 0.05) is 11.3 Å². The average molecular weight is 478 g/mol. The van der Waals surface area contributed by atoms with Gasteiger partial charge in [-0.2, -0.15) is 14.3 Å². The zero-order valence-electron chi connectivity index (χ0n) is 18.1. The van der Waals surface area contributed by atoms with E-state index in [0.717, 1.165) is 22.7 Å². The van der Waals surface area contributed by atoms with E-state index >= 15 is 0 Å². The van der Waals surface area contributed by atoms with Gasteiger partial charge in [-0.3, -0.25) is 10.1 Å². The number of carboxylic acids is 1. The van der Waals surface area contributed by atoms with Crippen LogP contribution >= 0.6 is 11.5 Å². The number of aliphatic carboxylic acids is 1. The fraction of sp³-hybridized carbons (Fsp3) is 0.261. The van der Waals surface area contributed by atoms with Crippen LogP contribution in [0.15, 0.2) is 38.5 Å². The minimum Gasteiger partial charge on any atom is -0.480 e. The van der Waals surface area contributed by atoms with Gasteiger partial charge in [-0.1, -0.05) is 24.3 Å². The highest BCUT2D eigenvalue weighted by Gasteiger charge is 2.56. The molecule has 1 fully saturated rings. The summed E-state index contributed by atoms with van der Waals surface area (Å²) in [5, 5.41) is 13.6. The molecular weight excluding hydrogens is 460 g/mol. The number of hydrogen-bond donors (Lipinski definition) is 2. The summed E-state index contributed by atoms with van der Waals surface area (Å²) in [7, 11) is 0. The molecule has 172 valence electrons. The third-order valence-corrected chi connectivity index (χ3v) is 6.18. The Morgan fingerprint density at radius 3 is 2.74 bits per heavy atom. The molecule has 3 heterocycles. The Labute approximate surface area is 197 Å². The highest BCUT2D eigenvalue weighted by molar-refractivity contribution is 7.04. The molecule has 2 N–H and O–H groups in total. The summed E-state index contributed by atoms with van der Waals surface area (Å²) >= 11 is 1.12. The molecule has 11 heteroatoms. The van der Waals surface area contributed by atoms with Crippen LogP contribution in [0, 0.1) is 18.8 Å². The predicted molar refractivity (Wildman–Crippen MR) is 120 cm³/mol. The first-order valence-corrected chi connectivity index (χ1v) is 11.2. The molecule has 1 aromatic carbocycles. The highest BCUT2D eigenvalue weighted by atomic mass is 32.1. The first-order chi connectivity index (χ1) is 16.4. The van der Waals surface area contributed by atoms with Gasteiger partial charge in [-0.05, 0) is 55.3 Å². The SMILES string of the molecule is Cc1ccccc1C(C)OC(=O)Nc1csnc1C#Cc1nc2nc(C3(C(=O)O)CC3)oc2o1. The average Bonchev–Trinajstić information content (AvgIpc) is 3.12. The summed E-state index contributed by atoms with van der Waals surface area (Å²) < 4.78 is 20.6. The molecule has 1 unspecified atom stereocenters. The van der Waals surface area contributed by atoms with Crippen molar-refractivity contribution in [3.63, 3.8) is 0 Å². The van der Waals surface area contributed by atoms with Crippen molar-refractivity contribution in [3.8, 4) is 11.8 Å². The van der Waals surface area contributed by atoms with E-state index in [0.29, 0.717) is 24.2 Å². The molecule has 1 saturated carbocycles. The smallest absolute Gasteiger partial charge is 0.412 e. The van der Waals surface area contributed by atoms with E-state index in [1.807, 2.05) is 31.2 Å². The highest BCUT2D eigenvalue weighted by Crippen LogP contribution is 2.48. The monoisotopic (exact) mass is 478 g/mol. The maximum atomic E-state index is 12.4. The van der Waals surface area contributed by atoms with Crippen LogP contribution in [0.1, 0.15) is 54.5 Å². The maximum absolute atomic E-state index is 12.4. The van der Waals surface area contributed by atoms with Crippen molar-refractivity contribution in [3.05, 3.63) is 58.2 Å². The number of aromatic nitrogens is 3. The Morgan fingerprint density at radius 1 is 1.24 bits per heavy atom. The summed E-state index contributed by atoms with van der Waals surface area (Å²) in [6.45, 7) is 3.75. The number of carboxylic acid groups (broad SMARTS) is 1. The lowest BCUT2D eigenvalue weighted by Gasteiger charge is -2.15. The lowest BCUT2D eigenvalue weighted by Crippen LogP contribution is -2.19. The van der Waals surface area contributed by atoms with E-state index in [1.54, 1.807) is 12.3 Å². The number of oxazole rings is 2. The molecule has 4 aromatic rings. The lowest BCUT2D eigenvalue weighted by atomic mass is 10.1. The van der Waals surface area contributed by atoms with Crippen molar-refractivity contribution in [2.45, 2.75) is 38.2 Å². The number of amides is 1. The normalized spacial score (nSPS) is 14.8. The number of carbonyl (C=O) groups is 2. The van der Waals surface area contributed by atoms with E-state index in [4.69, 9.17) is 13.6 Å². The Morgan fingerprint density at radius 2 is 2.03 bits per heavy atom. The van der Waals surface area contributed by atoms with Crippen LogP contribution in [0.5, 0.6) is 0 Å². The molecule has 1 aliphatic rings. The van der Waals surface area contributed by atoms with Crippen LogP contribution in [0.3, 0.4) is 0 Å².